The van der Waals surface area contributed by atoms with Crippen LogP contribution in [0.15, 0.2) is 54.1 Å². The molecular formula is C23H21FN2O4. The number of carbonyl (C=O) groups is 2. The molecule has 0 spiro atoms. The van der Waals surface area contributed by atoms with E-state index in [1.165, 1.54) is 55.7 Å². The standard InChI is InChI=1S/C23H21FN2O4/c1-15(2)26-23(28)18(14-25)12-17-6-10-20(21(13-17)29-3)30-22(27)11-7-16-4-8-19(24)9-5-16/h4-13,15H,1-3H3,(H,26,28)/b11-7+,18-12+. The molecule has 0 saturated heterocycles. The lowest BCUT2D eigenvalue weighted by molar-refractivity contribution is -0.129. The molecule has 1 N–H and O–H groups in total. The molecule has 0 aliphatic heterocycles. The van der Waals surface area contributed by atoms with Crippen molar-refractivity contribution in [2.45, 2.75) is 19.9 Å². The van der Waals surface area contributed by atoms with Gasteiger partial charge in [0.1, 0.15) is 17.5 Å². The third-order valence-electron chi connectivity index (χ3n) is 3.78. The molecule has 1 amide bonds. The van der Waals surface area contributed by atoms with Gasteiger partial charge in [-0.3, -0.25) is 4.79 Å². The zero-order chi connectivity index (χ0) is 22.1. The van der Waals surface area contributed by atoms with E-state index >= 15 is 0 Å². The van der Waals surface area contributed by atoms with Gasteiger partial charge in [0, 0.05) is 12.1 Å². The molecule has 30 heavy (non-hydrogen) atoms. The molecule has 0 saturated carbocycles. The van der Waals surface area contributed by atoms with Crippen molar-refractivity contribution in [2.75, 3.05) is 7.11 Å². The second-order valence-electron chi connectivity index (χ2n) is 6.51. The van der Waals surface area contributed by atoms with Crippen LogP contribution in [0.1, 0.15) is 25.0 Å². The summed E-state index contributed by atoms with van der Waals surface area (Å²) in [5, 5.41) is 11.9. The molecule has 154 valence electrons. The smallest absolute Gasteiger partial charge is 0.336 e. The topological polar surface area (TPSA) is 88.4 Å². The van der Waals surface area contributed by atoms with Crippen LogP contribution in [0.5, 0.6) is 11.5 Å². The Morgan fingerprint density at radius 1 is 1.10 bits per heavy atom. The van der Waals surface area contributed by atoms with Gasteiger partial charge in [-0.25, -0.2) is 9.18 Å². The van der Waals surface area contributed by atoms with E-state index in [2.05, 4.69) is 5.32 Å². The molecule has 2 aromatic carbocycles. The van der Waals surface area contributed by atoms with Crippen LogP contribution in [0.2, 0.25) is 0 Å². The summed E-state index contributed by atoms with van der Waals surface area (Å²) >= 11 is 0. The summed E-state index contributed by atoms with van der Waals surface area (Å²) in [5.74, 6) is -1.06. The summed E-state index contributed by atoms with van der Waals surface area (Å²) in [4.78, 5) is 24.1. The Morgan fingerprint density at radius 2 is 1.77 bits per heavy atom. The van der Waals surface area contributed by atoms with Crippen LogP contribution in [-0.4, -0.2) is 25.0 Å². The molecule has 0 aliphatic rings. The van der Waals surface area contributed by atoms with Crippen molar-refractivity contribution in [3.63, 3.8) is 0 Å². The number of nitrogens with one attached hydrogen (secondary N) is 1. The molecular weight excluding hydrogens is 387 g/mol. The number of ether oxygens (including phenoxy) is 2. The lowest BCUT2D eigenvalue weighted by atomic mass is 10.1. The Balaban J connectivity index is 2.16. The zero-order valence-corrected chi connectivity index (χ0v) is 16.8. The molecule has 0 heterocycles. The molecule has 0 unspecified atom stereocenters. The summed E-state index contributed by atoms with van der Waals surface area (Å²) < 4.78 is 23.4. The quantitative estimate of drug-likeness (QED) is 0.325. The fourth-order valence-electron chi connectivity index (χ4n) is 2.39. The first kappa shape index (κ1) is 22.4. The first-order chi connectivity index (χ1) is 14.3. The van der Waals surface area contributed by atoms with Gasteiger partial charge in [0.25, 0.3) is 5.91 Å². The van der Waals surface area contributed by atoms with E-state index in [1.54, 1.807) is 26.0 Å². The van der Waals surface area contributed by atoms with Crippen LogP contribution in [0.3, 0.4) is 0 Å². The van der Waals surface area contributed by atoms with Gasteiger partial charge in [-0.05, 0) is 61.4 Å². The van der Waals surface area contributed by atoms with Gasteiger partial charge in [0.15, 0.2) is 11.5 Å². The van der Waals surface area contributed by atoms with Crippen molar-refractivity contribution < 1.29 is 23.5 Å². The highest BCUT2D eigenvalue weighted by Crippen LogP contribution is 2.29. The van der Waals surface area contributed by atoms with E-state index in [9.17, 15) is 19.2 Å². The van der Waals surface area contributed by atoms with Crippen LogP contribution in [0.4, 0.5) is 4.39 Å². The molecule has 0 aromatic heterocycles. The molecule has 2 aromatic rings. The van der Waals surface area contributed by atoms with Gasteiger partial charge >= 0.3 is 5.97 Å². The van der Waals surface area contributed by atoms with Crippen LogP contribution in [-0.2, 0) is 9.59 Å². The first-order valence-electron chi connectivity index (χ1n) is 9.08. The zero-order valence-electron chi connectivity index (χ0n) is 16.8. The van der Waals surface area contributed by atoms with Crippen LogP contribution >= 0.6 is 0 Å². The number of rotatable bonds is 7. The maximum absolute atomic E-state index is 12.9. The third-order valence-corrected chi connectivity index (χ3v) is 3.78. The lowest BCUT2D eigenvalue weighted by Crippen LogP contribution is -2.30. The summed E-state index contributed by atoms with van der Waals surface area (Å²) in [6.45, 7) is 3.59. The Morgan fingerprint density at radius 3 is 2.37 bits per heavy atom. The highest BCUT2D eigenvalue weighted by molar-refractivity contribution is 6.01. The van der Waals surface area contributed by atoms with Gasteiger partial charge in [-0.2, -0.15) is 5.26 Å². The summed E-state index contributed by atoms with van der Waals surface area (Å²) in [6, 6.07) is 12.0. The van der Waals surface area contributed by atoms with E-state index in [0.29, 0.717) is 11.1 Å². The van der Waals surface area contributed by atoms with Crippen LogP contribution in [0.25, 0.3) is 12.2 Å². The number of methoxy groups -OCH3 is 1. The third kappa shape index (κ3) is 6.60. The fraction of sp³-hybridized carbons (Fsp3) is 0.174. The maximum atomic E-state index is 12.9. The van der Waals surface area contributed by atoms with Crippen molar-refractivity contribution in [3.05, 3.63) is 71.1 Å². The number of esters is 1. The van der Waals surface area contributed by atoms with Crippen LogP contribution < -0.4 is 14.8 Å². The number of halogens is 1. The summed E-state index contributed by atoms with van der Waals surface area (Å²) in [5.41, 5.74) is 1.12. The fourth-order valence-corrected chi connectivity index (χ4v) is 2.39. The molecule has 2 rings (SSSR count). The van der Waals surface area contributed by atoms with Crippen LogP contribution in [0, 0.1) is 17.1 Å². The molecule has 7 heteroatoms. The number of hydrogen-bond acceptors (Lipinski definition) is 5. The van der Waals surface area contributed by atoms with Gasteiger partial charge < -0.3 is 14.8 Å². The van der Waals surface area contributed by atoms with E-state index in [4.69, 9.17) is 9.47 Å². The Hall–Kier alpha value is -3.92. The minimum atomic E-state index is -0.644. The van der Waals surface area contributed by atoms with Crippen molar-refractivity contribution in [1.29, 1.82) is 5.26 Å². The minimum Gasteiger partial charge on any atom is -0.493 e. The number of nitriles is 1. The molecule has 0 radical (unpaired) electrons. The van der Waals surface area contributed by atoms with Gasteiger partial charge in [-0.15, -0.1) is 0 Å². The van der Waals surface area contributed by atoms with Crippen molar-refractivity contribution in [3.8, 4) is 17.6 Å². The highest BCUT2D eigenvalue weighted by atomic mass is 19.1. The predicted molar refractivity (Wildman–Crippen MR) is 111 cm³/mol. The summed E-state index contributed by atoms with van der Waals surface area (Å²) in [7, 11) is 1.41. The number of nitrogens with zero attached hydrogens (tertiary/aromatic N) is 1. The average Bonchev–Trinajstić information content (AvgIpc) is 2.71. The Labute approximate surface area is 174 Å². The molecule has 0 fully saturated rings. The molecule has 6 nitrogen and oxygen atoms in total. The number of benzene rings is 2. The van der Waals surface area contributed by atoms with Gasteiger partial charge in [0.05, 0.1) is 7.11 Å². The first-order valence-corrected chi connectivity index (χ1v) is 9.08. The monoisotopic (exact) mass is 408 g/mol. The van der Waals surface area contributed by atoms with E-state index in [-0.39, 0.29) is 28.9 Å². The van der Waals surface area contributed by atoms with E-state index < -0.39 is 11.9 Å². The van der Waals surface area contributed by atoms with E-state index in [0.717, 1.165) is 0 Å². The Kier molecular flexibility index (Phi) is 7.89. The number of amides is 1. The van der Waals surface area contributed by atoms with Crippen molar-refractivity contribution in [1.82, 2.24) is 5.32 Å². The SMILES string of the molecule is COc1cc(/C=C(\C#N)C(=O)NC(C)C)ccc1OC(=O)/C=C/c1ccc(F)cc1. The second-order valence-corrected chi connectivity index (χ2v) is 6.51. The predicted octanol–water partition coefficient (Wildman–Crippen LogP) is 3.88. The highest BCUT2D eigenvalue weighted by Gasteiger charge is 2.12. The molecule has 0 aliphatic carbocycles. The number of hydrogen-bond donors (Lipinski definition) is 1. The van der Waals surface area contributed by atoms with Crippen molar-refractivity contribution >= 4 is 24.0 Å². The minimum absolute atomic E-state index is 0.0577. The van der Waals surface area contributed by atoms with E-state index in [1.807, 2.05) is 6.07 Å². The second kappa shape index (κ2) is 10.6. The summed E-state index contributed by atoms with van der Waals surface area (Å²) in [6.07, 6.45) is 4.13. The average molecular weight is 408 g/mol. The lowest BCUT2D eigenvalue weighted by Gasteiger charge is -2.10. The normalized spacial score (nSPS) is 11.3. The van der Waals surface area contributed by atoms with Gasteiger partial charge in [0.2, 0.25) is 0 Å². The van der Waals surface area contributed by atoms with Gasteiger partial charge in [-0.1, -0.05) is 18.2 Å². The molecule has 0 atom stereocenters. The molecule has 0 bridgehead atoms. The Bertz CT molecular complexity index is 1020. The van der Waals surface area contributed by atoms with Crippen molar-refractivity contribution in [2.24, 2.45) is 0 Å². The number of carbonyl (C=O) groups excluding carboxylic acids is 2. The largest absolute Gasteiger partial charge is 0.493 e. The maximum Gasteiger partial charge on any atom is 0.336 e.